The van der Waals surface area contributed by atoms with E-state index in [9.17, 15) is 18.4 Å². The van der Waals surface area contributed by atoms with Gasteiger partial charge in [0.15, 0.2) is 11.6 Å². The SMILES string of the molecule is COC(=O)[C@@H](Cc1c(Cl)cccc1Cl)NC(=O)c1cccc(F)c1F. The lowest BCUT2D eigenvalue weighted by Gasteiger charge is -2.18. The van der Waals surface area contributed by atoms with Crippen molar-refractivity contribution in [1.82, 2.24) is 5.32 Å². The van der Waals surface area contributed by atoms with Gasteiger partial charge in [0.1, 0.15) is 6.04 Å². The smallest absolute Gasteiger partial charge is 0.328 e. The van der Waals surface area contributed by atoms with Crippen molar-refractivity contribution in [2.75, 3.05) is 7.11 Å². The molecule has 0 heterocycles. The number of halogens is 4. The number of carbonyl (C=O) groups excluding carboxylic acids is 2. The second-order valence-corrected chi connectivity index (χ2v) is 5.87. The molecule has 0 fully saturated rings. The standard InChI is InChI=1S/C17H13Cl2F2NO3/c1-25-17(24)14(8-10-11(18)5-3-6-12(10)19)22-16(23)9-4-2-7-13(20)15(9)21/h2-7,14H,8H2,1H3,(H,22,23)/t14-/m1/s1. The van der Waals surface area contributed by atoms with Crippen LogP contribution in [-0.4, -0.2) is 25.0 Å². The van der Waals surface area contributed by atoms with Crippen LogP contribution in [-0.2, 0) is 16.0 Å². The highest BCUT2D eigenvalue weighted by Gasteiger charge is 2.26. The first kappa shape index (κ1) is 19.1. The van der Waals surface area contributed by atoms with Crippen LogP contribution >= 0.6 is 23.2 Å². The number of ether oxygens (including phenoxy) is 1. The fourth-order valence-corrected chi connectivity index (χ4v) is 2.73. The van der Waals surface area contributed by atoms with Crippen LogP contribution in [0.5, 0.6) is 0 Å². The van der Waals surface area contributed by atoms with Gasteiger partial charge in [-0.05, 0) is 29.8 Å². The van der Waals surface area contributed by atoms with Crippen molar-refractivity contribution in [3.05, 3.63) is 69.2 Å². The molecule has 0 spiro atoms. The molecule has 4 nitrogen and oxygen atoms in total. The van der Waals surface area contributed by atoms with Crippen LogP contribution in [0.4, 0.5) is 8.78 Å². The Bertz CT molecular complexity index is 794. The molecule has 1 atom stereocenters. The number of hydrogen-bond acceptors (Lipinski definition) is 3. The summed E-state index contributed by atoms with van der Waals surface area (Å²) in [6, 6.07) is 6.76. The van der Waals surface area contributed by atoms with Gasteiger partial charge >= 0.3 is 5.97 Å². The molecule has 2 aromatic carbocycles. The molecule has 0 unspecified atom stereocenters. The summed E-state index contributed by atoms with van der Waals surface area (Å²) in [5, 5.41) is 2.91. The quantitative estimate of drug-likeness (QED) is 0.794. The van der Waals surface area contributed by atoms with Crippen LogP contribution in [0.2, 0.25) is 10.0 Å². The highest BCUT2D eigenvalue weighted by Crippen LogP contribution is 2.26. The van der Waals surface area contributed by atoms with Gasteiger partial charge in [-0.25, -0.2) is 13.6 Å². The van der Waals surface area contributed by atoms with Crippen LogP contribution < -0.4 is 5.32 Å². The van der Waals surface area contributed by atoms with E-state index in [1.165, 1.54) is 6.07 Å². The van der Waals surface area contributed by atoms with Gasteiger partial charge in [-0.15, -0.1) is 0 Å². The number of amides is 1. The predicted molar refractivity (Wildman–Crippen MR) is 89.8 cm³/mol. The Morgan fingerprint density at radius 2 is 1.72 bits per heavy atom. The predicted octanol–water partition coefficient (Wildman–Crippen LogP) is 3.79. The topological polar surface area (TPSA) is 55.4 Å². The molecular formula is C17H13Cl2F2NO3. The van der Waals surface area contributed by atoms with Gasteiger partial charge in [0.2, 0.25) is 0 Å². The summed E-state index contributed by atoms with van der Waals surface area (Å²) in [5.41, 5.74) is -0.111. The second kappa shape index (κ2) is 8.27. The average Bonchev–Trinajstić information content (AvgIpc) is 2.58. The molecule has 8 heteroatoms. The van der Waals surface area contributed by atoms with Crippen LogP contribution in [0.25, 0.3) is 0 Å². The van der Waals surface area contributed by atoms with E-state index in [2.05, 4.69) is 10.1 Å². The molecule has 0 aliphatic heterocycles. The number of hydrogen-bond donors (Lipinski definition) is 1. The Balaban J connectivity index is 2.28. The molecule has 0 bridgehead atoms. The lowest BCUT2D eigenvalue weighted by atomic mass is 10.0. The molecule has 1 amide bonds. The van der Waals surface area contributed by atoms with Crippen LogP contribution in [0, 0.1) is 11.6 Å². The minimum absolute atomic E-state index is 0.0755. The second-order valence-electron chi connectivity index (χ2n) is 5.05. The number of rotatable bonds is 5. The highest BCUT2D eigenvalue weighted by molar-refractivity contribution is 6.36. The number of benzene rings is 2. The molecule has 0 aliphatic rings. The summed E-state index contributed by atoms with van der Waals surface area (Å²) in [5.74, 6) is -4.22. The molecule has 25 heavy (non-hydrogen) atoms. The maximum Gasteiger partial charge on any atom is 0.328 e. The first-order chi connectivity index (χ1) is 11.8. The maximum absolute atomic E-state index is 13.7. The lowest BCUT2D eigenvalue weighted by Crippen LogP contribution is -2.43. The molecule has 2 aromatic rings. The lowest BCUT2D eigenvalue weighted by molar-refractivity contribution is -0.142. The van der Waals surface area contributed by atoms with Crippen molar-refractivity contribution < 1.29 is 23.1 Å². The molecular weight excluding hydrogens is 375 g/mol. The van der Waals surface area contributed by atoms with E-state index in [-0.39, 0.29) is 6.42 Å². The number of nitrogens with one attached hydrogen (secondary N) is 1. The summed E-state index contributed by atoms with van der Waals surface area (Å²) in [6.45, 7) is 0. The molecule has 0 saturated heterocycles. The van der Waals surface area contributed by atoms with Gasteiger partial charge in [-0.2, -0.15) is 0 Å². The minimum Gasteiger partial charge on any atom is -0.467 e. The largest absolute Gasteiger partial charge is 0.467 e. The number of methoxy groups -OCH3 is 1. The average molecular weight is 388 g/mol. The van der Waals surface area contributed by atoms with Gasteiger partial charge in [0.05, 0.1) is 12.7 Å². The molecule has 0 aliphatic carbocycles. The molecule has 1 N–H and O–H groups in total. The first-order valence-corrected chi connectivity index (χ1v) is 7.86. The van der Waals surface area contributed by atoms with E-state index in [0.717, 1.165) is 19.2 Å². The number of esters is 1. The molecule has 0 aromatic heterocycles. The van der Waals surface area contributed by atoms with Gasteiger partial charge in [-0.1, -0.05) is 35.3 Å². The van der Waals surface area contributed by atoms with E-state index in [0.29, 0.717) is 15.6 Å². The minimum atomic E-state index is -1.31. The van der Waals surface area contributed by atoms with Gasteiger partial charge < -0.3 is 10.1 Å². The zero-order valence-corrected chi connectivity index (χ0v) is 14.5. The Labute approximate surface area is 152 Å². The summed E-state index contributed by atoms with van der Waals surface area (Å²) in [7, 11) is 1.14. The van der Waals surface area contributed by atoms with E-state index in [1.807, 2.05) is 0 Å². The zero-order valence-electron chi connectivity index (χ0n) is 13.0. The van der Waals surface area contributed by atoms with Gasteiger partial charge in [0.25, 0.3) is 5.91 Å². The Kier molecular flexibility index (Phi) is 6.33. The van der Waals surface area contributed by atoms with Crippen molar-refractivity contribution in [2.24, 2.45) is 0 Å². The van der Waals surface area contributed by atoms with Crippen molar-refractivity contribution >= 4 is 35.1 Å². The van der Waals surface area contributed by atoms with E-state index < -0.39 is 35.1 Å². The van der Waals surface area contributed by atoms with E-state index >= 15 is 0 Å². The summed E-state index contributed by atoms with van der Waals surface area (Å²) < 4.78 is 31.7. The fraction of sp³-hybridized carbons (Fsp3) is 0.176. The first-order valence-electron chi connectivity index (χ1n) is 7.10. The number of carbonyl (C=O) groups is 2. The maximum atomic E-state index is 13.7. The molecule has 0 saturated carbocycles. The Hall–Kier alpha value is -2.18. The molecule has 132 valence electrons. The zero-order chi connectivity index (χ0) is 18.6. The van der Waals surface area contributed by atoms with Crippen LogP contribution in [0.3, 0.4) is 0 Å². The van der Waals surface area contributed by atoms with Gasteiger partial charge in [0, 0.05) is 16.5 Å². The molecule has 2 rings (SSSR count). The van der Waals surface area contributed by atoms with Crippen molar-refractivity contribution in [3.8, 4) is 0 Å². The molecule has 0 radical (unpaired) electrons. The van der Waals surface area contributed by atoms with E-state index in [4.69, 9.17) is 23.2 Å². The third-order valence-corrected chi connectivity index (χ3v) is 4.17. The van der Waals surface area contributed by atoms with Gasteiger partial charge in [-0.3, -0.25) is 4.79 Å². The third kappa shape index (κ3) is 4.46. The Morgan fingerprint density at radius 3 is 2.32 bits per heavy atom. The summed E-state index contributed by atoms with van der Waals surface area (Å²) >= 11 is 12.1. The summed E-state index contributed by atoms with van der Waals surface area (Å²) in [6.07, 6.45) is -0.0755. The normalized spacial score (nSPS) is 11.7. The third-order valence-electron chi connectivity index (χ3n) is 3.46. The summed E-state index contributed by atoms with van der Waals surface area (Å²) in [4.78, 5) is 24.2. The Morgan fingerprint density at radius 1 is 1.12 bits per heavy atom. The van der Waals surface area contributed by atoms with Crippen LogP contribution in [0.15, 0.2) is 36.4 Å². The monoisotopic (exact) mass is 387 g/mol. The van der Waals surface area contributed by atoms with Crippen molar-refractivity contribution in [3.63, 3.8) is 0 Å². The van der Waals surface area contributed by atoms with Crippen molar-refractivity contribution in [2.45, 2.75) is 12.5 Å². The van der Waals surface area contributed by atoms with Crippen LogP contribution in [0.1, 0.15) is 15.9 Å². The highest BCUT2D eigenvalue weighted by atomic mass is 35.5. The van der Waals surface area contributed by atoms with Crippen molar-refractivity contribution in [1.29, 1.82) is 0 Å². The fourth-order valence-electron chi connectivity index (χ4n) is 2.18. The van der Waals surface area contributed by atoms with E-state index in [1.54, 1.807) is 18.2 Å².